The molecule has 3 rings (SSSR count). The summed E-state index contributed by atoms with van der Waals surface area (Å²) in [6.07, 6.45) is 2.08. The second-order valence-electron chi connectivity index (χ2n) is 6.57. The van der Waals surface area contributed by atoms with Gasteiger partial charge in [-0.1, -0.05) is 18.2 Å². The second kappa shape index (κ2) is 7.15. The van der Waals surface area contributed by atoms with E-state index in [-0.39, 0.29) is 30.0 Å². The lowest BCUT2D eigenvalue weighted by Gasteiger charge is -2.21. The van der Waals surface area contributed by atoms with E-state index in [4.69, 9.17) is 4.74 Å². The van der Waals surface area contributed by atoms with Crippen LogP contribution in [0.5, 0.6) is 0 Å². The van der Waals surface area contributed by atoms with Crippen molar-refractivity contribution in [3.05, 3.63) is 36.0 Å². The van der Waals surface area contributed by atoms with Crippen LogP contribution in [0.2, 0.25) is 0 Å². The highest BCUT2D eigenvalue weighted by Crippen LogP contribution is 2.20. The summed E-state index contributed by atoms with van der Waals surface area (Å²) < 4.78 is 30.8. The van der Waals surface area contributed by atoms with Gasteiger partial charge in [-0.3, -0.25) is 4.79 Å². The summed E-state index contributed by atoms with van der Waals surface area (Å²) in [6.45, 7) is 0.679. The quantitative estimate of drug-likeness (QED) is 0.790. The number of nitrogens with one attached hydrogen (secondary N) is 2. The summed E-state index contributed by atoms with van der Waals surface area (Å²) in [5.41, 5.74) is 1.91. The van der Waals surface area contributed by atoms with Crippen LogP contribution in [-0.4, -0.2) is 62.7 Å². The molecule has 8 heteroatoms. The number of ether oxygens (including phenoxy) is 1. The van der Waals surface area contributed by atoms with Crippen LogP contribution in [0.1, 0.15) is 5.56 Å². The van der Waals surface area contributed by atoms with Crippen LogP contribution in [0.25, 0.3) is 10.9 Å². The van der Waals surface area contributed by atoms with Crippen molar-refractivity contribution in [1.82, 2.24) is 14.6 Å². The number of nitrogens with zero attached hydrogens (tertiary/aromatic N) is 1. The number of carbonyl (C=O) groups is 1. The van der Waals surface area contributed by atoms with Crippen molar-refractivity contribution in [1.29, 1.82) is 0 Å². The van der Waals surface area contributed by atoms with Crippen molar-refractivity contribution < 1.29 is 17.9 Å². The number of hydrogen-bond donors (Lipinski definition) is 2. The number of benzene rings is 1. The standard InChI is InChI=1S/C17H23N3O4S/c1-20(2)25(22,23)11-13-9-24-10-16(13)19-17(21)7-12-8-18-15-6-4-3-5-14(12)15/h3-6,8,13,16,18H,7,9-11H2,1-2H3,(H,19,21)/t13-,16+/m0/s1. The molecule has 0 bridgehead atoms. The van der Waals surface area contributed by atoms with Crippen molar-refractivity contribution >= 4 is 26.8 Å². The number of aromatic nitrogens is 1. The van der Waals surface area contributed by atoms with Crippen LogP contribution in [0.4, 0.5) is 0 Å². The maximum atomic E-state index is 12.4. The maximum Gasteiger partial charge on any atom is 0.224 e. The van der Waals surface area contributed by atoms with Crippen molar-refractivity contribution in [3.63, 3.8) is 0 Å². The zero-order chi connectivity index (χ0) is 18.0. The number of rotatable bonds is 6. The highest BCUT2D eigenvalue weighted by atomic mass is 32.2. The van der Waals surface area contributed by atoms with Crippen molar-refractivity contribution in [2.24, 2.45) is 5.92 Å². The molecule has 0 radical (unpaired) electrons. The van der Waals surface area contributed by atoms with Crippen LogP contribution in [0, 0.1) is 5.92 Å². The van der Waals surface area contributed by atoms with Crippen LogP contribution in [0.15, 0.2) is 30.5 Å². The minimum absolute atomic E-state index is 0.0297. The average Bonchev–Trinajstić information content (AvgIpc) is 3.15. The Morgan fingerprint density at radius 3 is 2.84 bits per heavy atom. The number of aromatic amines is 1. The Morgan fingerprint density at radius 1 is 1.32 bits per heavy atom. The number of sulfonamides is 1. The van der Waals surface area contributed by atoms with E-state index in [1.54, 1.807) is 0 Å². The molecule has 136 valence electrons. The number of amides is 1. The van der Waals surface area contributed by atoms with Gasteiger partial charge >= 0.3 is 0 Å². The van der Waals surface area contributed by atoms with Gasteiger partial charge in [0.25, 0.3) is 0 Å². The van der Waals surface area contributed by atoms with Crippen LogP contribution in [-0.2, 0) is 26.0 Å². The van der Waals surface area contributed by atoms with Gasteiger partial charge < -0.3 is 15.0 Å². The zero-order valence-electron chi connectivity index (χ0n) is 14.4. The van der Waals surface area contributed by atoms with E-state index in [9.17, 15) is 13.2 Å². The normalized spacial score (nSPS) is 21.1. The van der Waals surface area contributed by atoms with E-state index in [0.29, 0.717) is 13.2 Å². The molecule has 0 aliphatic carbocycles. The zero-order valence-corrected chi connectivity index (χ0v) is 15.2. The first kappa shape index (κ1) is 17.9. The highest BCUT2D eigenvalue weighted by Gasteiger charge is 2.34. The van der Waals surface area contributed by atoms with Gasteiger partial charge in [-0.25, -0.2) is 12.7 Å². The monoisotopic (exact) mass is 365 g/mol. The number of hydrogen-bond acceptors (Lipinski definition) is 4. The van der Waals surface area contributed by atoms with Crippen molar-refractivity contribution in [2.75, 3.05) is 33.1 Å². The molecule has 0 spiro atoms. The largest absolute Gasteiger partial charge is 0.379 e. The molecule has 1 aromatic carbocycles. The summed E-state index contributed by atoms with van der Waals surface area (Å²) in [4.78, 5) is 15.6. The molecule has 7 nitrogen and oxygen atoms in total. The number of para-hydroxylation sites is 1. The highest BCUT2D eigenvalue weighted by molar-refractivity contribution is 7.89. The summed E-state index contributed by atoms with van der Waals surface area (Å²) in [5.74, 6) is -0.398. The molecule has 2 aromatic rings. The Balaban J connectivity index is 1.64. The summed E-state index contributed by atoms with van der Waals surface area (Å²) >= 11 is 0. The Labute approximate surface area is 147 Å². The van der Waals surface area contributed by atoms with Gasteiger partial charge in [0.05, 0.1) is 31.4 Å². The first-order valence-corrected chi connectivity index (χ1v) is 9.80. The molecule has 25 heavy (non-hydrogen) atoms. The first-order chi connectivity index (χ1) is 11.9. The lowest BCUT2D eigenvalue weighted by atomic mass is 10.1. The molecular formula is C17H23N3O4S. The maximum absolute atomic E-state index is 12.4. The fourth-order valence-corrected chi connectivity index (χ4v) is 4.22. The molecule has 1 amide bonds. The summed E-state index contributed by atoms with van der Waals surface area (Å²) in [6, 6.07) is 7.52. The third-order valence-corrected chi connectivity index (χ3v) is 6.51. The predicted molar refractivity (Wildman–Crippen MR) is 95.7 cm³/mol. The molecule has 2 N–H and O–H groups in total. The van der Waals surface area contributed by atoms with E-state index in [0.717, 1.165) is 16.5 Å². The minimum atomic E-state index is -3.33. The molecule has 0 unspecified atom stereocenters. The van der Waals surface area contributed by atoms with E-state index in [1.165, 1.54) is 18.4 Å². The van der Waals surface area contributed by atoms with E-state index in [1.807, 2.05) is 30.5 Å². The van der Waals surface area contributed by atoms with Gasteiger partial charge in [-0.2, -0.15) is 0 Å². The van der Waals surface area contributed by atoms with E-state index in [2.05, 4.69) is 10.3 Å². The van der Waals surface area contributed by atoms with Gasteiger partial charge in [0, 0.05) is 37.1 Å². The third-order valence-electron chi connectivity index (χ3n) is 4.55. The summed E-state index contributed by atoms with van der Waals surface area (Å²) in [7, 11) is -0.313. The van der Waals surface area contributed by atoms with Crippen LogP contribution in [0.3, 0.4) is 0 Å². The van der Waals surface area contributed by atoms with Crippen LogP contribution >= 0.6 is 0 Å². The molecule has 1 saturated heterocycles. The fraction of sp³-hybridized carbons (Fsp3) is 0.471. The first-order valence-electron chi connectivity index (χ1n) is 8.19. The topological polar surface area (TPSA) is 91.5 Å². The van der Waals surface area contributed by atoms with E-state index < -0.39 is 10.0 Å². The van der Waals surface area contributed by atoms with Gasteiger partial charge in [0.2, 0.25) is 15.9 Å². The van der Waals surface area contributed by atoms with Crippen LogP contribution < -0.4 is 5.32 Å². The Kier molecular flexibility index (Phi) is 5.12. The van der Waals surface area contributed by atoms with Gasteiger partial charge in [0.1, 0.15) is 0 Å². The molecule has 2 heterocycles. The fourth-order valence-electron chi connectivity index (χ4n) is 3.05. The molecule has 1 aromatic heterocycles. The van der Waals surface area contributed by atoms with Crippen molar-refractivity contribution in [3.8, 4) is 0 Å². The predicted octanol–water partition coefficient (Wildman–Crippen LogP) is 0.733. The number of fused-ring (bicyclic) bond motifs is 1. The van der Waals surface area contributed by atoms with Crippen molar-refractivity contribution in [2.45, 2.75) is 12.5 Å². The van der Waals surface area contributed by atoms with Gasteiger partial charge in [0.15, 0.2) is 0 Å². The Bertz CT molecular complexity index is 860. The molecule has 1 aliphatic rings. The van der Waals surface area contributed by atoms with Gasteiger partial charge in [-0.05, 0) is 11.6 Å². The smallest absolute Gasteiger partial charge is 0.224 e. The van der Waals surface area contributed by atoms with E-state index >= 15 is 0 Å². The number of H-pyrrole nitrogens is 1. The molecule has 1 fully saturated rings. The SMILES string of the molecule is CN(C)S(=O)(=O)C[C@@H]1COC[C@H]1NC(=O)Cc1c[nH]c2ccccc12. The Hall–Kier alpha value is -1.90. The number of carbonyl (C=O) groups excluding carboxylic acids is 1. The molecule has 1 aliphatic heterocycles. The second-order valence-corrected chi connectivity index (χ2v) is 8.80. The average molecular weight is 365 g/mol. The Morgan fingerprint density at radius 2 is 2.08 bits per heavy atom. The molecular weight excluding hydrogens is 342 g/mol. The summed E-state index contributed by atoms with van der Waals surface area (Å²) in [5, 5.41) is 3.95. The minimum Gasteiger partial charge on any atom is -0.379 e. The lowest BCUT2D eigenvalue weighted by Crippen LogP contribution is -2.44. The molecule has 0 saturated carbocycles. The van der Waals surface area contributed by atoms with Gasteiger partial charge in [-0.15, -0.1) is 0 Å². The lowest BCUT2D eigenvalue weighted by molar-refractivity contribution is -0.121. The third kappa shape index (κ3) is 4.02. The molecule has 2 atom stereocenters.